The average Bonchev–Trinajstić information content (AvgIpc) is 2.41. The van der Waals surface area contributed by atoms with Gasteiger partial charge >= 0.3 is 0 Å². The molecule has 0 spiro atoms. The average molecular weight is 264 g/mol. The number of nitrogens with two attached hydrogens (primary N) is 1. The molecule has 3 heteroatoms. The zero-order chi connectivity index (χ0) is 12.8. The molecule has 1 saturated heterocycles. The van der Waals surface area contributed by atoms with Gasteiger partial charge in [-0.2, -0.15) is 11.8 Å². The molecular weight excluding hydrogens is 240 g/mol. The number of rotatable bonds is 5. The highest BCUT2D eigenvalue weighted by molar-refractivity contribution is 8.00. The summed E-state index contributed by atoms with van der Waals surface area (Å²) in [6.45, 7) is 6.09. The largest absolute Gasteiger partial charge is 0.399 e. The molecule has 0 bridgehead atoms. The third kappa shape index (κ3) is 4.21. The predicted molar refractivity (Wildman–Crippen MR) is 82.2 cm³/mol. The topological polar surface area (TPSA) is 29.3 Å². The number of benzene rings is 1. The summed E-state index contributed by atoms with van der Waals surface area (Å²) >= 11 is 2.14. The van der Waals surface area contributed by atoms with Crippen LogP contribution in [0.25, 0.3) is 0 Å². The van der Waals surface area contributed by atoms with Crippen LogP contribution in [0, 0.1) is 0 Å². The van der Waals surface area contributed by atoms with E-state index >= 15 is 0 Å². The van der Waals surface area contributed by atoms with E-state index in [4.69, 9.17) is 5.73 Å². The number of aryl methyl sites for hydroxylation is 1. The van der Waals surface area contributed by atoms with Gasteiger partial charge in [0.25, 0.3) is 0 Å². The van der Waals surface area contributed by atoms with Gasteiger partial charge in [0.2, 0.25) is 0 Å². The Kier molecular flexibility index (Phi) is 5.39. The summed E-state index contributed by atoms with van der Waals surface area (Å²) < 4.78 is 0. The van der Waals surface area contributed by atoms with E-state index in [0.717, 1.165) is 10.9 Å². The first-order chi connectivity index (χ1) is 8.78. The minimum absolute atomic E-state index is 0.857. The van der Waals surface area contributed by atoms with E-state index in [9.17, 15) is 0 Å². The number of nitrogen functional groups attached to an aromatic ring is 1. The Morgan fingerprint density at radius 3 is 2.83 bits per heavy atom. The zero-order valence-electron chi connectivity index (χ0n) is 11.3. The number of hydrogen-bond donors (Lipinski definition) is 1. The molecule has 2 N–H and O–H groups in total. The fourth-order valence-electron chi connectivity index (χ4n) is 2.42. The summed E-state index contributed by atoms with van der Waals surface area (Å²) in [4.78, 5) is 2.63. The van der Waals surface area contributed by atoms with Crippen molar-refractivity contribution in [2.75, 3.05) is 31.1 Å². The monoisotopic (exact) mass is 264 g/mol. The SMILES string of the molecule is CCC1CN(CCCc2ccc(N)cc2)CCS1. The molecule has 0 aromatic heterocycles. The minimum atomic E-state index is 0.857. The fourth-order valence-corrected chi connectivity index (χ4v) is 3.67. The molecule has 18 heavy (non-hydrogen) atoms. The first-order valence-corrected chi connectivity index (χ1v) is 8.01. The maximum Gasteiger partial charge on any atom is 0.0314 e. The molecule has 0 aliphatic carbocycles. The molecule has 2 rings (SSSR count). The third-order valence-corrected chi connectivity index (χ3v) is 4.97. The normalized spacial score (nSPS) is 21.1. The molecule has 0 radical (unpaired) electrons. The van der Waals surface area contributed by atoms with E-state index in [1.165, 1.54) is 50.2 Å². The van der Waals surface area contributed by atoms with Crippen LogP contribution in [0.3, 0.4) is 0 Å². The van der Waals surface area contributed by atoms with E-state index in [2.05, 4.69) is 35.7 Å². The molecule has 100 valence electrons. The van der Waals surface area contributed by atoms with Crippen LogP contribution in [-0.2, 0) is 6.42 Å². The molecule has 1 fully saturated rings. The van der Waals surface area contributed by atoms with Gasteiger partial charge in [0.05, 0.1) is 0 Å². The number of thioether (sulfide) groups is 1. The van der Waals surface area contributed by atoms with Crippen molar-refractivity contribution in [3.63, 3.8) is 0 Å². The van der Waals surface area contributed by atoms with Gasteiger partial charge in [0.15, 0.2) is 0 Å². The number of anilines is 1. The van der Waals surface area contributed by atoms with Crippen LogP contribution in [0.5, 0.6) is 0 Å². The van der Waals surface area contributed by atoms with E-state index < -0.39 is 0 Å². The molecule has 1 aromatic carbocycles. The molecule has 0 saturated carbocycles. The van der Waals surface area contributed by atoms with Crippen LogP contribution < -0.4 is 5.73 Å². The molecule has 1 atom stereocenters. The van der Waals surface area contributed by atoms with Crippen molar-refractivity contribution in [2.24, 2.45) is 0 Å². The molecule has 2 nitrogen and oxygen atoms in total. The Labute approximate surface area is 115 Å². The summed E-state index contributed by atoms with van der Waals surface area (Å²) in [5.41, 5.74) is 7.96. The van der Waals surface area contributed by atoms with Crippen molar-refractivity contribution in [1.82, 2.24) is 4.90 Å². The molecule has 1 unspecified atom stereocenters. The van der Waals surface area contributed by atoms with Gasteiger partial charge in [-0.05, 0) is 43.5 Å². The highest BCUT2D eigenvalue weighted by atomic mass is 32.2. The van der Waals surface area contributed by atoms with Crippen molar-refractivity contribution >= 4 is 17.4 Å². The maximum atomic E-state index is 5.69. The van der Waals surface area contributed by atoms with Gasteiger partial charge in [-0.3, -0.25) is 0 Å². The standard InChI is InChI=1S/C15H24N2S/c1-2-15-12-17(10-11-18-15)9-3-4-13-5-7-14(16)8-6-13/h5-8,15H,2-4,9-12,16H2,1H3. The first-order valence-electron chi connectivity index (χ1n) is 6.96. The molecule has 1 heterocycles. The van der Waals surface area contributed by atoms with Gasteiger partial charge in [-0.25, -0.2) is 0 Å². The molecular formula is C15H24N2S. The summed E-state index contributed by atoms with van der Waals surface area (Å²) in [5, 5.41) is 0.857. The van der Waals surface area contributed by atoms with Crippen molar-refractivity contribution in [3.8, 4) is 0 Å². The van der Waals surface area contributed by atoms with Gasteiger partial charge in [-0.15, -0.1) is 0 Å². The molecule has 0 amide bonds. The van der Waals surface area contributed by atoms with Crippen molar-refractivity contribution < 1.29 is 0 Å². The minimum Gasteiger partial charge on any atom is -0.399 e. The summed E-state index contributed by atoms with van der Waals surface area (Å²) in [6, 6.07) is 8.30. The van der Waals surface area contributed by atoms with Crippen molar-refractivity contribution in [3.05, 3.63) is 29.8 Å². The first kappa shape index (κ1) is 13.8. The predicted octanol–water partition coefficient (Wildman–Crippen LogP) is 3.03. The van der Waals surface area contributed by atoms with Crippen LogP contribution >= 0.6 is 11.8 Å². The lowest BCUT2D eigenvalue weighted by Crippen LogP contribution is -2.38. The van der Waals surface area contributed by atoms with Crippen LogP contribution in [0.2, 0.25) is 0 Å². The number of hydrogen-bond acceptors (Lipinski definition) is 3. The van der Waals surface area contributed by atoms with Crippen molar-refractivity contribution in [1.29, 1.82) is 0 Å². The maximum absolute atomic E-state index is 5.69. The Morgan fingerprint density at radius 1 is 1.33 bits per heavy atom. The van der Waals surface area contributed by atoms with Gasteiger partial charge in [0, 0.05) is 29.8 Å². The van der Waals surface area contributed by atoms with Crippen molar-refractivity contribution in [2.45, 2.75) is 31.4 Å². The smallest absolute Gasteiger partial charge is 0.0314 e. The van der Waals surface area contributed by atoms with E-state index in [0.29, 0.717) is 0 Å². The van der Waals surface area contributed by atoms with Crippen LogP contribution in [0.4, 0.5) is 5.69 Å². The van der Waals surface area contributed by atoms with Crippen LogP contribution in [-0.4, -0.2) is 35.5 Å². The molecule has 1 aliphatic rings. The highest BCUT2D eigenvalue weighted by Crippen LogP contribution is 2.21. The fraction of sp³-hybridized carbons (Fsp3) is 0.600. The van der Waals surface area contributed by atoms with Gasteiger partial charge < -0.3 is 10.6 Å². The summed E-state index contributed by atoms with van der Waals surface area (Å²) in [5.74, 6) is 1.31. The Balaban J connectivity index is 1.70. The van der Waals surface area contributed by atoms with E-state index in [1.807, 2.05) is 12.1 Å². The van der Waals surface area contributed by atoms with Crippen LogP contribution in [0.1, 0.15) is 25.3 Å². The Morgan fingerprint density at radius 2 is 2.11 bits per heavy atom. The second kappa shape index (κ2) is 7.05. The second-order valence-electron chi connectivity index (χ2n) is 5.05. The number of nitrogens with zero attached hydrogens (tertiary/aromatic N) is 1. The molecule has 1 aromatic rings. The van der Waals surface area contributed by atoms with Crippen LogP contribution in [0.15, 0.2) is 24.3 Å². The summed E-state index contributed by atoms with van der Waals surface area (Å²) in [7, 11) is 0. The Bertz CT molecular complexity index is 350. The third-order valence-electron chi connectivity index (χ3n) is 3.60. The quantitative estimate of drug-likeness (QED) is 0.829. The Hall–Kier alpha value is -0.670. The highest BCUT2D eigenvalue weighted by Gasteiger charge is 2.17. The lowest BCUT2D eigenvalue weighted by Gasteiger charge is -2.31. The zero-order valence-corrected chi connectivity index (χ0v) is 12.1. The lowest BCUT2D eigenvalue weighted by atomic mass is 10.1. The summed E-state index contributed by atoms with van der Waals surface area (Å²) in [6.07, 6.45) is 3.73. The lowest BCUT2D eigenvalue weighted by molar-refractivity contribution is 0.278. The molecule has 1 aliphatic heterocycles. The van der Waals surface area contributed by atoms with Gasteiger partial charge in [-0.1, -0.05) is 19.1 Å². The van der Waals surface area contributed by atoms with E-state index in [-0.39, 0.29) is 0 Å². The van der Waals surface area contributed by atoms with E-state index in [1.54, 1.807) is 0 Å². The second-order valence-corrected chi connectivity index (χ2v) is 6.46. The van der Waals surface area contributed by atoms with Gasteiger partial charge in [0.1, 0.15) is 0 Å².